The molecule has 0 aromatic carbocycles. The molecular weight excluding hydrogens is 212 g/mol. The summed E-state index contributed by atoms with van der Waals surface area (Å²) < 4.78 is 5.22. The predicted octanol–water partition coefficient (Wildman–Crippen LogP) is 1.84. The minimum absolute atomic E-state index is 0.740. The molecule has 0 bridgehead atoms. The molecule has 1 rings (SSSR count). The van der Waals surface area contributed by atoms with E-state index in [1.54, 1.807) is 7.11 Å². The quantitative estimate of drug-likeness (QED) is 0.737. The summed E-state index contributed by atoms with van der Waals surface area (Å²) in [6, 6.07) is 0. The fraction of sp³-hybridized carbons (Fsp3) is 1.00. The van der Waals surface area contributed by atoms with Gasteiger partial charge in [-0.3, -0.25) is 0 Å². The SMILES string of the molecule is COCCN(CC(C)C)CC1CCNCC1C. The summed E-state index contributed by atoms with van der Waals surface area (Å²) in [5.74, 6) is 2.40. The number of nitrogens with one attached hydrogen (secondary N) is 1. The Bertz CT molecular complexity index is 197. The van der Waals surface area contributed by atoms with Gasteiger partial charge in [0.1, 0.15) is 0 Å². The summed E-state index contributed by atoms with van der Waals surface area (Å²) in [5, 5.41) is 3.48. The Kier molecular flexibility index (Phi) is 7.09. The third-order valence-electron chi connectivity index (χ3n) is 3.69. The molecule has 0 spiro atoms. The molecule has 0 aliphatic carbocycles. The number of hydrogen-bond donors (Lipinski definition) is 1. The normalized spacial score (nSPS) is 25.8. The number of hydrogen-bond acceptors (Lipinski definition) is 3. The van der Waals surface area contributed by atoms with Crippen molar-refractivity contribution in [3.63, 3.8) is 0 Å². The standard InChI is InChI=1S/C14H30N2O/c1-12(2)10-16(7-8-17-4)11-14-5-6-15-9-13(14)3/h12-15H,5-11H2,1-4H3. The van der Waals surface area contributed by atoms with Gasteiger partial charge in [-0.1, -0.05) is 20.8 Å². The van der Waals surface area contributed by atoms with Crippen LogP contribution >= 0.6 is 0 Å². The van der Waals surface area contributed by atoms with Crippen molar-refractivity contribution in [1.29, 1.82) is 0 Å². The first kappa shape index (κ1) is 14.9. The molecule has 0 aromatic heterocycles. The number of methoxy groups -OCH3 is 1. The van der Waals surface area contributed by atoms with Gasteiger partial charge in [0, 0.05) is 26.7 Å². The molecule has 0 aromatic rings. The highest BCUT2D eigenvalue weighted by molar-refractivity contribution is 4.78. The summed E-state index contributed by atoms with van der Waals surface area (Å²) in [6.45, 7) is 13.7. The first-order valence-corrected chi connectivity index (χ1v) is 7.05. The van der Waals surface area contributed by atoms with E-state index in [1.807, 2.05) is 0 Å². The highest BCUT2D eigenvalue weighted by Crippen LogP contribution is 2.20. The molecule has 1 aliphatic heterocycles. The molecule has 1 N–H and O–H groups in total. The van der Waals surface area contributed by atoms with E-state index in [9.17, 15) is 0 Å². The average molecular weight is 242 g/mol. The lowest BCUT2D eigenvalue weighted by molar-refractivity contribution is 0.110. The van der Waals surface area contributed by atoms with Gasteiger partial charge in [0.2, 0.25) is 0 Å². The maximum absolute atomic E-state index is 5.22. The fourth-order valence-corrected chi connectivity index (χ4v) is 2.67. The summed E-state index contributed by atoms with van der Waals surface area (Å²) in [7, 11) is 1.79. The molecule has 2 atom stereocenters. The van der Waals surface area contributed by atoms with Gasteiger partial charge >= 0.3 is 0 Å². The van der Waals surface area contributed by atoms with Crippen LogP contribution in [0.5, 0.6) is 0 Å². The van der Waals surface area contributed by atoms with Crippen molar-refractivity contribution in [3.05, 3.63) is 0 Å². The number of piperidine rings is 1. The molecular formula is C14H30N2O. The van der Waals surface area contributed by atoms with E-state index < -0.39 is 0 Å². The van der Waals surface area contributed by atoms with Gasteiger partial charge < -0.3 is 15.0 Å². The maximum atomic E-state index is 5.22. The second-order valence-corrected chi connectivity index (χ2v) is 5.88. The van der Waals surface area contributed by atoms with Gasteiger partial charge in [0.25, 0.3) is 0 Å². The second kappa shape index (κ2) is 8.06. The van der Waals surface area contributed by atoms with Crippen molar-refractivity contribution >= 4 is 0 Å². The Hall–Kier alpha value is -0.120. The summed E-state index contributed by atoms with van der Waals surface area (Å²) >= 11 is 0. The molecule has 102 valence electrons. The van der Waals surface area contributed by atoms with Gasteiger partial charge in [-0.15, -0.1) is 0 Å². The smallest absolute Gasteiger partial charge is 0.0589 e. The van der Waals surface area contributed by atoms with E-state index in [0.29, 0.717) is 0 Å². The molecule has 1 heterocycles. The lowest BCUT2D eigenvalue weighted by Crippen LogP contribution is -2.43. The van der Waals surface area contributed by atoms with Crippen LogP contribution in [0.25, 0.3) is 0 Å². The van der Waals surface area contributed by atoms with E-state index in [1.165, 1.54) is 32.6 Å². The highest BCUT2D eigenvalue weighted by Gasteiger charge is 2.23. The first-order chi connectivity index (χ1) is 8.13. The third-order valence-corrected chi connectivity index (χ3v) is 3.69. The van der Waals surface area contributed by atoms with Gasteiger partial charge in [0.05, 0.1) is 6.61 Å². The Balaban J connectivity index is 2.39. The van der Waals surface area contributed by atoms with E-state index >= 15 is 0 Å². The van der Waals surface area contributed by atoms with E-state index in [2.05, 4.69) is 31.0 Å². The Morgan fingerprint density at radius 3 is 2.76 bits per heavy atom. The van der Waals surface area contributed by atoms with Crippen LogP contribution in [0.15, 0.2) is 0 Å². The van der Waals surface area contributed by atoms with Crippen LogP contribution in [-0.4, -0.2) is 51.3 Å². The molecule has 3 nitrogen and oxygen atoms in total. The molecule has 1 aliphatic rings. The van der Waals surface area contributed by atoms with Crippen LogP contribution in [0.3, 0.4) is 0 Å². The fourth-order valence-electron chi connectivity index (χ4n) is 2.67. The van der Waals surface area contributed by atoms with Crippen molar-refractivity contribution in [2.75, 3.05) is 46.4 Å². The van der Waals surface area contributed by atoms with Gasteiger partial charge in [0.15, 0.2) is 0 Å². The van der Waals surface area contributed by atoms with Crippen LogP contribution in [0.4, 0.5) is 0 Å². The van der Waals surface area contributed by atoms with Crippen molar-refractivity contribution in [2.45, 2.75) is 27.2 Å². The van der Waals surface area contributed by atoms with Crippen LogP contribution in [0.1, 0.15) is 27.2 Å². The minimum atomic E-state index is 0.740. The molecule has 3 heteroatoms. The minimum Gasteiger partial charge on any atom is -0.383 e. The van der Waals surface area contributed by atoms with Crippen molar-refractivity contribution in [3.8, 4) is 0 Å². The van der Waals surface area contributed by atoms with Crippen molar-refractivity contribution in [1.82, 2.24) is 10.2 Å². The van der Waals surface area contributed by atoms with E-state index in [-0.39, 0.29) is 0 Å². The van der Waals surface area contributed by atoms with Crippen LogP contribution < -0.4 is 5.32 Å². The lowest BCUT2D eigenvalue weighted by atomic mass is 9.87. The largest absolute Gasteiger partial charge is 0.383 e. The zero-order valence-electron chi connectivity index (χ0n) is 12.0. The molecule has 17 heavy (non-hydrogen) atoms. The monoisotopic (exact) mass is 242 g/mol. The predicted molar refractivity (Wildman–Crippen MR) is 73.3 cm³/mol. The van der Waals surface area contributed by atoms with Crippen molar-refractivity contribution < 1.29 is 4.74 Å². The van der Waals surface area contributed by atoms with Crippen LogP contribution in [-0.2, 0) is 4.74 Å². The van der Waals surface area contributed by atoms with E-state index in [4.69, 9.17) is 4.74 Å². The van der Waals surface area contributed by atoms with Gasteiger partial charge in [-0.25, -0.2) is 0 Å². The molecule has 1 saturated heterocycles. The summed E-state index contributed by atoms with van der Waals surface area (Å²) in [5.41, 5.74) is 0. The third kappa shape index (κ3) is 5.84. The average Bonchev–Trinajstić information content (AvgIpc) is 2.28. The van der Waals surface area contributed by atoms with E-state index in [0.717, 1.165) is 30.9 Å². The highest BCUT2D eigenvalue weighted by atomic mass is 16.5. The summed E-state index contributed by atoms with van der Waals surface area (Å²) in [4.78, 5) is 2.58. The Morgan fingerprint density at radius 1 is 1.41 bits per heavy atom. The second-order valence-electron chi connectivity index (χ2n) is 5.88. The Labute approximate surface area is 107 Å². The first-order valence-electron chi connectivity index (χ1n) is 7.05. The number of rotatable bonds is 7. The molecule has 2 unspecified atom stereocenters. The maximum Gasteiger partial charge on any atom is 0.0589 e. The van der Waals surface area contributed by atoms with Crippen molar-refractivity contribution in [2.24, 2.45) is 17.8 Å². The summed E-state index contributed by atoms with van der Waals surface area (Å²) in [6.07, 6.45) is 1.32. The van der Waals surface area contributed by atoms with Crippen LogP contribution in [0, 0.1) is 17.8 Å². The topological polar surface area (TPSA) is 24.5 Å². The number of ether oxygens (including phenoxy) is 1. The molecule has 1 fully saturated rings. The lowest BCUT2D eigenvalue weighted by Gasteiger charge is -2.35. The zero-order chi connectivity index (χ0) is 12.7. The van der Waals surface area contributed by atoms with Crippen LogP contribution in [0.2, 0.25) is 0 Å². The zero-order valence-corrected chi connectivity index (χ0v) is 12.0. The Morgan fingerprint density at radius 2 is 2.18 bits per heavy atom. The van der Waals surface area contributed by atoms with Gasteiger partial charge in [-0.05, 0) is 37.3 Å². The molecule has 0 saturated carbocycles. The molecule has 0 radical (unpaired) electrons. The number of nitrogens with zero attached hydrogens (tertiary/aromatic N) is 1. The molecule has 0 amide bonds. The van der Waals surface area contributed by atoms with Gasteiger partial charge in [-0.2, -0.15) is 0 Å².